The van der Waals surface area contributed by atoms with Crippen LogP contribution < -0.4 is 0 Å². The number of aryl methyl sites for hydroxylation is 1. The van der Waals surface area contributed by atoms with Crippen molar-refractivity contribution in [2.75, 3.05) is 19.8 Å². The number of alkyl halides is 2. The van der Waals surface area contributed by atoms with E-state index in [-0.39, 0.29) is 12.5 Å². The molecule has 3 nitrogen and oxygen atoms in total. The summed E-state index contributed by atoms with van der Waals surface area (Å²) >= 11 is 0. The van der Waals surface area contributed by atoms with Crippen LogP contribution in [0.3, 0.4) is 0 Å². The number of nitrogens with zero attached hydrogens (tertiary/aromatic N) is 1. The molecule has 0 aliphatic carbocycles. The minimum absolute atomic E-state index is 0.144. The van der Waals surface area contributed by atoms with Crippen molar-refractivity contribution >= 4 is 11.0 Å². The smallest absolute Gasteiger partial charge is 0.240 e. The van der Waals surface area contributed by atoms with Crippen molar-refractivity contribution in [2.45, 2.75) is 32.4 Å². The van der Waals surface area contributed by atoms with E-state index in [9.17, 15) is 8.78 Å². The van der Waals surface area contributed by atoms with Gasteiger partial charge in [0, 0.05) is 36.5 Å². The van der Waals surface area contributed by atoms with Crippen LogP contribution in [0.2, 0.25) is 0 Å². The van der Waals surface area contributed by atoms with Crippen LogP contribution in [0.15, 0.2) is 28.7 Å². The summed E-state index contributed by atoms with van der Waals surface area (Å²) in [7, 11) is 0. The largest absolute Gasteiger partial charge is 0.461 e. The minimum atomic E-state index is -2.30. The number of rotatable bonds is 4. The Morgan fingerprint density at radius 1 is 1.33 bits per heavy atom. The molecule has 1 atom stereocenters. The highest BCUT2D eigenvalue weighted by Gasteiger charge is 2.27. The van der Waals surface area contributed by atoms with Gasteiger partial charge in [0.15, 0.2) is 0 Å². The minimum Gasteiger partial charge on any atom is -0.461 e. The Balaban J connectivity index is 1.84. The fourth-order valence-electron chi connectivity index (χ4n) is 2.94. The van der Waals surface area contributed by atoms with Gasteiger partial charge >= 0.3 is 0 Å². The van der Waals surface area contributed by atoms with Gasteiger partial charge in [0.25, 0.3) is 0 Å². The van der Waals surface area contributed by atoms with Gasteiger partial charge in [-0.05, 0) is 13.0 Å². The van der Waals surface area contributed by atoms with E-state index in [1.54, 1.807) is 0 Å². The second kappa shape index (κ2) is 6.12. The first kappa shape index (κ1) is 14.5. The van der Waals surface area contributed by atoms with Crippen LogP contribution in [0, 0.1) is 6.92 Å². The van der Waals surface area contributed by atoms with E-state index in [1.165, 1.54) is 0 Å². The van der Waals surface area contributed by atoms with Gasteiger partial charge in [0.2, 0.25) is 6.43 Å². The molecule has 3 rings (SSSR count). The Morgan fingerprint density at radius 2 is 2.14 bits per heavy atom. The van der Waals surface area contributed by atoms with Crippen molar-refractivity contribution in [1.82, 2.24) is 4.90 Å². The number of hydrogen-bond acceptors (Lipinski definition) is 3. The van der Waals surface area contributed by atoms with E-state index in [0.29, 0.717) is 26.3 Å². The SMILES string of the molecule is Cc1oc2ccccc2c1CN1CCOCC1CC(F)F. The maximum absolute atomic E-state index is 12.7. The van der Waals surface area contributed by atoms with Gasteiger partial charge < -0.3 is 9.15 Å². The molecule has 0 radical (unpaired) electrons. The van der Waals surface area contributed by atoms with E-state index in [0.717, 1.165) is 22.3 Å². The van der Waals surface area contributed by atoms with Gasteiger partial charge in [-0.25, -0.2) is 8.78 Å². The van der Waals surface area contributed by atoms with Gasteiger partial charge in [0.1, 0.15) is 11.3 Å². The summed E-state index contributed by atoms with van der Waals surface area (Å²) in [6, 6.07) is 7.62. The van der Waals surface area contributed by atoms with Crippen LogP contribution in [0.25, 0.3) is 11.0 Å². The second-order valence-electron chi connectivity index (χ2n) is 5.46. The van der Waals surface area contributed by atoms with Gasteiger partial charge in [-0.2, -0.15) is 0 Å². The molecule has 0 N–H and O–H groups in total. The lowest BCUT2D eigenvalue weighted by atomic mass is 10.1. The predicted octanol–water partition coefficient (Wildman–Crippen LogP) is 3.60. The van der Waals surface area contributed by atoms with E-state index in [2.05, 4.69) is 4.90 Å². The summed E-state index contributed by atoms with van der Waals surface area (Å²) in [5, 5.41) is 1.07. The molecule has 0 bridgehead atoms. The normalized spacial score (nSPS) is 20.5. The average Bonchev–Trinajstić information content (AvgIpc) is 2.77. The third kappa shape index (κ3) is 3.09. The molecule has 0 saturated carbocycles. The molecule has 1 fully saturated rings. The van der Waals surface area contributed by atoms with E-state index in [1.807, 2.05) is 31.2 Å². The summed E-state index contributed by atoms with van der Waals surface area (Å²) in [4.78, 5) is 2.08. The highest BCUT2D eigenvalue weighted by atomic mass is 19.3. The highest BCUT2D eigenvalue weighted by Crippen LogP contribution is 2.28. The third-order valence-electron chi connectivity index (χ3n) is 4.06. The lowest BCUT2D eigenvalue weighted by Gasteiger charge is -2.35. The van der Waals surface area contributed by atoms with Crippen LogP contribution in [-0.4, -0.2) is 37.1 Å². The fourth-order valence-corrected chi connectivity index (χ4v) is 2.94. The van der Waals surface area contributed by atoms with Crippen LogP contribution >= 0.6 is 0 Å². The molecule has 2 aromatic rings. The molecule has 5 heteroatoms. The Labute approximate surface area is 122 Å². The summed E-state index contributed by atoms with van der Waals surface area (Å²) in [6.07, 6.45) is -2.45. The van der Waals surface area contributed by atoms with Gasteiger partial charge in [-0.1, -0.05) is 18.2 Å². The number of halogens is 2. The molecule has 1 unspecified atom stereocenters. The maximum atomic E-state index is 12.7. The predicted molar refractivity (Wildman–Crippen MR) is 76.6 cm³/mol. The molecular formula is C16H19F2NO2. The first-order valence-corrected chi connectivity index (χ1v) is 7.22. The quantitative estimate of drug-likeness (QED) is 0.862. The highest BCUT2D eigenvalue weighted by molar-refractivity contribution is 5.82. The molecule has 2 heterocycles. The average molecular weight is 295 g/mol. The monoisotopic (exact) mass is 295 g/mol. The molecule has 1 aromatic carbocycles. The van der Waals surface area contributed by atoms with Crippen molar-refractivity contribution in [3.05, 3.63) is 35.6 Å². The maximum Gasteiger partial charge on any atom is 0.240 e. The number of ether oxygens (including phenoxy) is 1. The Morgan fingerprint density at radius 3 is 2.95 bits per heavy atom. The summed E-state index contributed by atoms with van der Waals surface area (Å²) in [5.41, 5.74) is 1.94. The summed E-state index contributed by atoms with van der Waals surface area (Å²) in [6.45, 7) is 4.20. The first-order valence-electron chi connectivity index (χ1n) is 7.22. The van der Waals surface area contributed by atoms with Gasteiger partial charge in [-0.15, -0.1) is 0 Å². The number of furan rings is 1. The number of fused-ring (bicyclic) bond motifs is 1. The Bertz CT molecular complexity index is 611. The van der Waals surface area contributed by atoms with Crippen molar-refractivity contribution in [1.29, 1.82) is 0 Å². The zero-order valence-corrected chi connectivity index (χ0v) is 12.0. The van der Waals surface area contributed by atoms with Crippen molar-refractivity contribution in [3.8, 4) is 0 Å². The lowest BCUT2D eigenvalue weighted by molar-refractivity contribution is -0.0346. The van der Waals surface area contributed by atoms with Gasteiger partial charge in [-0.3, -0.25) is 4.90 Å². The van der Waals surface area contributed by atoms with Crippen molar-refractivity contribution in [3.63, 3.8) is 0 Å². The molecular weight excluding hydrogens is 276 g/mol. The standard InChI is InChI=1S/C16H19F2NO2/c1-11-14(13-4-2-3-5-15(13)21-11)9-19-6-7-20-10-12(19)8-16(17)18/h2-5,12,16H,6-10H2,1H3. The topological polar surface area (TPSA) is 25.6 Å². The van der Waals surface area contributed by atoms with Crippen molar-refractivity contribution in [2.24, 2.45) is 0 Å². The summed E-state index contributed by atoms with van der Waals surface area (Å²) < 4.78 is 36.5. The van der Waals surface area contributed by atoms with Crippen molar-refractivity contribution < 1.29 is 17.9 Å². The third-order valence-corrected chi connectivity index (χ3v) is 4.06. The molecule has 1 saturated heterocycles. The number of para-hydroxylation sites is 1. The molecule has 1 aromatic heterocycles. The number of hydrogen-bond donors (Lipinski definition) is 0. The molecule has 0 spiro atoms. The Hall–Kier alpha value is -1.46. The van der Waals surface area contributed by atoms with E-state index >= 15 is 0 Å². The molecule has 1 aliphatic rings. The van der Waals surface area contributed by atoms with Crippen LogP contribution in [0.5, 0.6) is 0 Å². The Kier molecular flexibility index (Phi) is 4.22. The zero-order valence-electron chi connectivity index (χ0n) is 12.0. The fraction of sp³-hybridized carbons (Fsp3) is 0.500. The zero-order chi connectivity index (χ0) is 14.8. The summed E-state index contributed by atoms with van der Waals surface area (Å²) in [5.74, 6) is 0.860. The van der Waals surface area contributed by atoms with Crippen LogP contribution in [0.1, 0.15) is 17.7 Å². The number of benzene rings is 1. The van der Waals surface area contributed by atoms with Gasteiger partial charge in [0.05, 0.1) is 13.2 Å². The molecule has 0 amide bonds. The molecule has 114 valence electrons. The number of morpholine rings is 1. The van der Waals surface area contributed by atoms with Crippen LogP contribution in [0.4, 0.5) is 8.78 Å². The van der Waals surface area contributed by atoms with E-state index < -0.39 is 6.43 Å². The van der Waals surface area contributed by atoms with Crippen LogP contribution in [-0.2, 0) is 11.3 Å². The second-order valence-corrected chi connectivity index (χ2v) is 5.46. The molecule has 1 aliphatic heterocycles. The lowest BCUT2D eigenvalue weighted by Crippen LogP contribution is -2.45. The first-order chi connectivity index (χ1) is 10.1. The molecule has 21 heavy (non-hydrogen) atoms. The van der Waals surface area contributed by atoms with E-state index in [4.69, 9.17) is 9.15 Å².